The number of ether oxygens (including phenoxy) is 1. The highest BCUT2D eigenvalue weighted by Gasteiger charge is 2.16. The molecule has 0 aliphatic rings. The molecule has 6 nitrogen and oxygen atoms in total. The molecule has 6 heteroatoms. The highest BCUT2D eigenvalue weighted by molar-refractivity contribution is 5.97. The van der Waals surface area contributed by atoms with E-state index in [2.05, 4.69) is 10.6 Å². The lowest BCUT2D eigenvalue weighted by Gasteiger charge is -2.25. The molecule has 0 fully saturated rings. The molecule has 2 amide bonds. The van der Waals surface area contributed by atoms with Crippen molar-refractivity contribution in [3.05, 3.63) is 65.2 Å². The minimum absolute atomic E-state index is 0.00359. The first kappa shape index (κ1) is 20.5. The normalized spacial score (nSPS) is 11.7. The van der Waals surface area contributed by atoms with E-state index < -0.39 is 0 Å². The Labute approximate surface area is 160 Å². The molecule has 0 radical (unpaired) electrons. The van der Waals surface area contributed by atoms with Crippen molar-refractivity contribution in [3.8, 4) is 5.75 Å². The Morgan fingerprint density at radius 1 is 1.07 bits per heavy atom. The van der Waals surface area contributed by atoms with Gasteiger partial charge in [-0.1, -0.05) is 30.3 Å². The summed E-state index contributed by atoms with van der Waals surface area (Å²) in [5.41, 5.74) is 2.50. The lowest BCUT2D eigenvalue weighted by Crippen LogP contribution is -2.40. The maximum atomic E-state index is 12.2. The Morgan fingerprint density at radius 2 is 1.81 bits per heavy atom. The Kier molecular flexibility index (Phi) is 7.37. The summed E-state index contributed by atoms with van der Waals surface area (Å²) in [4.78, 5) is 26.4. The zero-order valence-electron chi connectivity index (χ0n) is 16.3. The van der Waals surface area contributed by atoms with Crippen LogP contribution in [0.1, 0.15) is 27.5 Å². The van der Waals surface area contributed by atoms with E-state index in [4.69, 9.17) is 4.74 Å². The van der Waals surface area contributed by atoms with Crippen LogP contribution in [-0.2, 0) is 4.79 Å². The third-order valence-electron chi connectivity index (χ3n) is 4.39. The topological polar surface area (TPSA) is 70.7 Å². The van der Waals surface area contributed by atoms with E-state index in [1.807, 2.05) is 62.3 Å². The quantitative estimate of drug-likeness (QED) is 0.748. The number of nitrogens with one attached hydrogen (secondary N) is 2. The van der Waals surface area contributed by atoms with E-state index in [0.717, 1.165) is 16.9 Å². The van der Waals surface area contributed by atoms with Crippen molar-refractivity contribution in [1.29, 1.82) is 0 Å². The van der Waals surface area contributed by atoms with Crippen LogP contribution in [0.3, 0.4) is 0 Å². The van der Waals surface area contributed by atoms with Gasteiger partial charge in [0.2, 0.25) is 5.91 Å². The second kappa shape index (κ2) is 9.73. The third-order valence-corrected chi connectivity index (χ3v) is 4.39. The van der Waals surface area contributed by atoms with Gasteiger partial charge in [0.15, 0.2) is 0 Å². The van der Waals surface area contributed by atoms with Crippen LogP contribution in [0.2, 0.25) is 0 Å². The summed E-state index contributed by atoms with van der Waals surface area (Å²) < 4.78 is 5.27. The van der Waals surface area contributed by atoms with Crippen molar-refractivity contribution in [3.63, 3.8) is 0 Å². The monoisotopic (exact) mass is 369 g/mol. The van der Waals surface area contributed by atoms with E-state index >= 15 is 0 Å². The molecule has 1 atom stereocenters. The van der Waals surface area contributed by atoms with Crippen LogP contribution < -0.4 is 15.4 Å². The maximum Gasteiger partial charge on any atom is 0.251 e. The second-order valence-electron chi connectivity index (χ2n) is 6.56. The first-order valence-corrected chi connectivity index (χ1v) is 8.83. The summed E-state index contributed by atoms with van der Waals surface area (Å²) in [6, 6.07) is 15.0. The van der Waals surface area contributed by atoms with Gasteiger partial charge in [-0.05, 0) is 50.3 Å². The van der Waals surface area contributed by atoms with Gasteiger partial charge >= 0.3 is 0 Å². The molecule has 0 heterocycles. The number of carbonyl (C=O) groups excluding carboxylic acids is 2. The van der Waals surface area contributed by atoms with Gasteiger partial charge in [0.25, 0.3) is 5.91 Å². The largest absolute Gasteiger partial charge is 0.497 e. The van der Waals surface area contributed by atoms with Gasteiger partial charge < -0.3 is 20.3 Å². The molecule has 2 N–H and O–H groups in total. The number of nitrogens with zero attached hydrogens (tertiary/aromatic N) is 1. The zero-order valence-corrected chi connectivity index (χ0v) is 16.3. The lowest BCUT2D eigenvalue weighted by molar-refractivity contribution is -0.120. The van der Waals surface area contributed by atoms with Crippen LogP contribution in [-0.4, -0.2) is 51.0 Å². The van der Waals surface area contributed by atoms with Crippen molar-refractivity contribution in [1.82, 2.24) is 15.5 Å². The van der Waals surface area contributed by atoms with E-state index in [-0.39, 0.29) is 24.4 Å². The molecule has 0 aromatic heterocycles. The standard InChI is InChI=1S/C21H27N3O3/c1-15-8-5-6-11-18(15)21(26)23-14-20(25)22-13-19(24(2)3)16-9-7-10-17(12-16)27-4/h5-12,19H,13-14H2,1-4H3,(H,22,25)(H,23,26). The summed E-state index contributed by atoms with van der Waals surface area (Å²) in [5.74, 6) is 0.294. The van der Waals surface area contributed by atoms with Crippen LogP contribution in [0.15, 0.2) is 48.5 Å². The lowest BCUT2D eigenvalue weighted by atomic mass is 10.1. The molecule has 0 aliphatic heterocycles. The van der Waals surface area contributed by atoms with Crippen LogP contribution >= 0.6 is 0 Å². The summed E-state index contributed by atoms with van der Waals surface area (Å²) in [6.45, 7) is 2.23. The Balaban J connectivity index is 1.90. The first-order chi connectivity index (χ1) is 12.9. The van der Waals surface area contributed by atoms with E-state index in [9.17, 15) is 9.59 Å². The smallest absolute Gasteiger partial charge is 0.251 e. The Bertz CT molecular complexity index is 790. The Hall–Kier alpha value is -2.86. The average Bonchev–Trinajstić information content (AvgIpc) is 2.66. The number of hydrogen-bond acceptors (Lipinski definition) is 4. The molecule has 2 aromatic carbocycles. The minimum atomic E-state index is -0.250. The number of rotatable bonds is 8. The highest BCUT2D eigenvalue weighted by Crippen LogP contribution is 2.22. The van der Waals surface area contributed by atoms with Gasteiger partial charge in [-0.15, -0.1) is 0 Å². The van der Waals surface area contributed by atoms with Crippen molar-refractivity contribution in [2.45, 2.75) is 13.0 Å². The molecule has 0 saturated carbocycles. The molecule has 2 rings (SSSR count). The van der Waals surface area contributed by atoms with E-state index in [1.54, 1.807) is 19.2 Å². The van der Waals surface area contributed by atoms with Gasteiger partial charge in [0.05, 0.1) is 19.7 Å². The predicted molar refractivity (Wildman–Crippen MR) is 106 cm³/mol. The van der Waals surface area contributed by atoms with Gasteiger partial charge in [-0.3, -0.25) is 9.59 Å². The van der Waals surface area contributed by atoms with Crippen LogP contribution in [0, 0.1) is 6.92 Å². The van der Waals surface area contributed by atoms with E-state index in [0.29, 0.717) is 12.1 Å². The number of aryl methyl sites for hydroxylation is 1. The Morgan fingerprint density at radius 3 is 2.48 bits per heavy atom. The summed E-state index contributed by atoms with van der Waals surface area (Å²) in [7, 11) is 5.54. The molecule has 27 heavy (non-hydrogen) atoms. The van der Waals surface area contributed by atoms with Gasteiger partial charge in [-0.2, -0.15) is 0 Å². The molecular weight excluding hydrogens is 342 g/mol. The average molecular weight is 369 g/mol. The fourth-order valence-electron chi connectivity index (χ4n) is 2.80. The number of methoxy groups -OCH3 is 1. The van der Waals surface area contributed by atoms with Crippen molar-refractivity contribution >= 4 is 11.8 Å². The fraction of sp³-hybridized carbons (Fsp3) is 0.333. The van der Waals surface area contributed by atoms with Crippen molar-refractivity contribution in [2.75, 3.05) is 34.3 Å². The number of benzene rings is 2. The predicted octanol–water partition coefficient (Wildman–Crippen LogP) is 2.15. The number of amides is 2. The summed E-state index contributed by atoms with van der Waals surface area (Å²) in [6.07, 6.45) is 0. The second-order valence-corrected chi connectivity index (χ2v) is 6.56. The number of likely N-dealkylation sites (N-methyl/N-ethyl adjacent to an activating group) is 1. The van der Waals surface area contributed by atoms with Gasteiger partial charge in [-0.25, -0.2) is 0 Å². The number of hydrogen-bond donors (Lipinski definition) is 2. The van der Waals surface area contributed by atoms with Gasteiger partial charge in [0, 0.05) is 12.1 Å². The summed E-state index contributed by atoms with van der Waals surface area (Å²) >= 11 is 0. The number of carbonyl (C=O) groups is 2. The van der Waals surface area contributed by atoms with Crippen LogP contribution in [0.4, 0.5) is 0 Å². The molecule has 2 aromatic rings. The molecule has 0 aliphatic carbocycles. The minimum Gasteiger partial charge on any atom is -0.497 e. The SMILES string of the molecule is COc1cccc(C(CNC(=O)CNC(=O)c2ccccc2C)N(C)C)c1. The molecular formula is C21H27N3O3. The molecule has 1 unspecified atom stereocenters. The van der Waals surface area contributed by atoms with Crippen LogP contribution in [0.25, 0.3) is 0 Å². The summed E-state index contributed by atoms with van der Waals surface area (Å²) in [5, 5.41) is 5.55. The van der Waals surface area contributed by atoms with Gasteiger partial charge in [0.1, 0.15) is 5.75 Å². The fourth-order valence-corrected chi connectivity index (χ4v) is 2.80. The molecule has 0 spiro atoms. The molecule has 144 valence electrons. The maximum absolute atomic E-state index is 12.2. The molecule has 0 bridgehead atoms. The first-order valence-electron chi connectivity index (χ1n) is 8.83. The zero-order chi connectivity index (χ0) is 19.8. The molecule has 0 saturated heterocycles. The third kappa shape index (κ3) is 5.82. The van der Waals surface area contributed by atoms with Crippen molar-refractivity contribution < 1.29 is 14.3 Å². The van der Waals surface area contributed by atoms with Crippen molar-refractivity contribution in [2.24, 2.45) is 0 Å². The van der Waals surface area contributed by atoms with E-state index in [1.165, 1.54) is 0 Å². The highest BCUT2D eigenvalue weighted by atomic mass is 16.5. The van der Waals surface area contributed by atoms with Crippen LogP contribution in [0.5, 0.6) is 5.75 Å².